The Morgan fingerprint density at radius 2 is 1.70 bits per heavy atom. The number of anilines is 1. The van der Waals surface area contributed by atoms with E-state index in [4.69, 9.17) is 11.6 Å². The molecule has 0 atom stereocenters. The van der Waals surface area contributed by atoms with Crippen LogP contribution in [0.4, 0.5) is 5.82 Å². The molecule has 1 aliphatic heterocycles. The van der Waals surface area contributed by atoms with Crippen molar-refractivity contribution in [2.75, 3.05) is 24.2 Å². The normalized spacial score (nSPS) is 14.7. The van der Waals surface area contributed by atoms with Gasteiger partial charge in [0.05, 0.1) is 10.6 Å². The predicted octanol–water partition coefficient (Wildman–Crippen LogP) is 3.59. The highest BCUT2D eigenvalue weighted by Crippen LogP contribution is 2.31. The van der Waals surface area contributed by atoms with E-state index in [1.165, 1.54) is 19.1 Å². The van der Waals surface area contributed by atoms with E-state index in [0.29, 0.717) is 5.15 Å². The molecule has 0 unspecified atom stereocenters. The molecule has 6 nitrogen and oxygen atoms in total. The Hall–Kier alpha value is -2.38. The fourth-order valence-corrected chi connectivity index (χ4v) is 4.17. The monoisotopic (exact) mass is 402 g/mol. The van der Waals surface area contributed by atoms with E-state index in [1.54, 1.807) is 36.8 Å². The Labute approximate surface area is 163 Å². The number of aromatic nitrogens is 3. The van der Waals surface area contributed by atoms with Gasteiger partial charge >= 0.3 is 0 Å². The molecule has 1 saturated heterocycles. The van der Waals surface area contributed by atoms with Gasteiger partial charge in [-0.2, -0.15) is 0 Å². The number of pyridine rings is 1. The number of hydrogen-bond acceptors (Lipinski definition) is 5. The SMILES string of the molecule is CS(=O)(=O)c1ccc(-n2cnc(Cl)c2-c2ccc(N3CCCC3)nc2)cc1. The topological polar surface area (TPSA) is 68.1 Å². The third-order valence-electron chi connectivity index (χ3n) is 4.72. The number of benzene rings is 1. The van der Waals surface area contributed by atoms with Gasteiger partial charge in [0.15, 0.2) is 15.0 Å². The van der Waals surface area contributed by atoms with Gasteiger partial charge in [0, 0.05) is 36.8 Å². The highest BCUT2D eigenvalue weighted by atomic mass is 35.5. The average molecular weight is 403 g/mol. The molecule has 3 aromatic rings. The second-order valence-electron chi connectivity index (χ2n) is 6.62. The summed E-state index contributed by atoms with van der Waals surface area (Å²) >= 11 is 6.33. The lowest BCUT2D eigenvalue weighted by molar-refractivity contribution is 0.602. The van der Waals surface area contributed by atoms with Gasteiger partial charge in [0.2, 0.25) is 0 Å². The zero-order valence-electron chi connectivity index (χ0n) is 14.8. The standard InChI is InChI=1S/C19H19ClN4O2S/c1-27(25,26)16-7-5-15(6-8-16)24-13-22-19(20)18(24)14-4-9-17(21-12-14)23-10-2-3-11-23/h4-9,12-13H,2-3,10-11H2,1H3. The number of halogens is 1. The number of rotatable bonds is 4. The van der Waals surface area contributed by atoms with Crippen LogP contribution in [-0.2, 0) is 9.84 Å². The largest absolute Gasteiger partial charge is 0.357 e. The number of hydrogen-bond donors (Lipinski definition) is 0. The first kappa shape index (κ1) is 18.0. The van der Waals surface area contributed by atoms with Crippen LogP contribution in [0.5, 0.6) is 0 Å². The van der Waals surface area contributed by atoms with Crippen LogP contribution in [0, 0.1) is 0 Å². The second kappa shape index (κ2) is 6.98. The average Bonchev–Trinajstić information content (AvgIpc) is 3.31. The summed E-state index contributed by atoms with van der Waals surface area (Å²) < 4.78 is 25.2. The molecule has 27 heavy (non-hydrogen) atoms. The maximum absolute atomic E-state index is 11.7. The van der Waals surface area contributed by atoms with E-state index < -0.39 is 9.84 Å². The van der Waals surface area contributed by atoms with Gasteiger partial charge in [-0.25, -0.2) is 18.4 Å². The summed E-state index contributed by atoms with van der Waals surface area (Å²) in [7, 11) is -3.24. The van der Waals surface area contributed by atoms with Gasteiger partial charge in [0.1, 0.15) is 12.1 Å². The van der Waals surface area contributed by atoms with Crippen LogP contribution in [-0.4, -0.2) is 42.3 Å². The van der Waals surface area contributed by atoms with Crippen molar-refractivity contribution in [3.63, 3.8) is 0 Å². The summed E-state index contributed by atoms with van der Waals surface area (Å²) in [5, 5.41) is 0.373. The molecule has 0 N–H and O–H groups in total. The molecule has 0 aliphatic carbocycles. The Morgan fingerprint density at radius 3 is 2.30 bits per heavy atom. The maximum atomic E-state index is 11.7. The summed E-state index contributed by atoms with van der Waals surface area (Å²) in [5.41, 5.74) is 2.36. The zero-order chi connectivity index (χ0) is 19.0. The van der Waals surface area contributed by atoms with Crippen LogP contribution < -0.4 is 4.90 Å². The molecule has 0 amide bonds. The molecule has 0 bridgehead atoms. The molecule has 1 aliphatic rings. The van der Waals surface area contributed by atoms with Crippen molar-refractivity contribution in [3.8, 4) is 16.9 Å². The molecule has 3 heterocycles. The fraction of sp³-hybridized carbons (Fsp3) is 0.263. The van der Waals surface area contributed by atoms with E-state index in [0.717, 1.165) is 35.9 Å². The Balaban J connectivity index is 1.69. The molecule has 1 fully saturated rings. The van der Waals surface area contributed by atoms with Crippen molar-refractivity contribution in [3.05, 3.63) is 54.1 Å². The molecular formula is C19H19ClN4O2S. The Kier molecular flexibility index (Phi) is 4.65. The third kappa shape index (κ3) is 3.57. The Bertz CT molecular complexity index is 1050. The molecule has 2 aromatic heterocycles. The fourth-order valence-electron chi connectivity index (χ4n) is 3.29. The molecule has 140 valence electrons. The summed E-state index contributed by atoms with van der Waals surface area (Å²) in [6.45, 7) is 2.08. The van der Waals surface area contributed by atoms with E-state index in [9.17, 15) is 8.42 Å². The summed E-state index contributed by atoms with van der Waals surface area (Å²) in [6, 6.07) is 10.6. The molecule has 0 saturated carbocycles. The molecule has 1 aromatic carbocycles. The second-order valence-corrected chi connectivity index (χ2v) is 8.99. The van der Waals surface area contributed by atoms with Crippen molar-refractivity contribution >= 4 is 27.3 Å². The summed E-state index contributed by atoms with van der Waals surface area (Å²) in [6.07, 6.45) is 7.02. The number of imidazole rings is 1. The van der Waals surface area contributed by atoms with Crippen LogP contribution in [0.2, 0.25) is 5.15 Å². The highest BCUT2D eigenvalue weighted by Gasteiger charge is 2.17. The maximum Gasteiger partial charge on any atom is 0.175 e. The van der Waals surface area contributed by atoms with E-state index in [2.05, 4.69) is 14.9 Å². The van der Waals surface area contributed by atoms with E-state index in [1.807, 2.05) is 16.7 Å². The van der Waals surface area contributed by atoms with Gasteiger partial charge in [0.25, 0.3) is 0 Å². The van der Waals surface area contributed by atoms with Crippen molar-refractivity contribution in [2.45, 2.75) is 17.7 Å². The van der Waals surface area contributed by atoms with E-state index >= 15 is 0 Å². The van der Waals surface area contributed by atoms with Crippen LogP contribution in [0.25, 0.3) is 16.9 Å². The smallest absolute Gasteiger partial charge is 0.175 e. The van der Waals surface area contributed by atoms with Crippen molar-refractivity contribution in [1.29, 1.82) is 0 Å². The van der Waals surface area contributed by atoms with Crippen molar-refractivity contribution in [2.24, 2.45) is 0 Å². The molecular weight excluding hydrogens is 384 g/mol. The van der Waals surface area contributed by atoms with Crippen molar-refractivity contribution < 1.29 is 8.42 Å². The minimum Gasteiger partial charge on any atom is -0.357 e. The van der Waals surface area contributed by atoms with E-state index in [-0.39, 0.29) is 4.90 Å². The highest BCUT2D eigenvalue weighted by molar-refractivity contribution is 7.90. The number of nitrogens with zero attached hydrogens (tertiary/aromatic N) is 4. The first-order chi connectivity index (χ1) is 12.9. The minimum absolute atomic E-state index is 0.274. The third-order valence-corrected chi connectivity index (χ3v) is 6.12. The minimum atomic E-state index is -3.24. The number of sulfone groups is 1. The van der Waals surface area contributed by atoms with Crippen LogP contribution in [0.15, 0.2) is 53.8 Å². The molecule has 0 radical (unpaired) electrons. The first-order valence-electron chi connectivity index (χ1n) is 8.68. The van der Waals surface area contributed by atoms with Gasteiger partial charge in [-0.3, -0.25) is 4.57 Å². The lowest BCUT2D eigenvalue weighted by Gasteiger charge is -2.16. The van der Waals surface area contributed by atoms with Crippen LogP contribution in [0.3, 0.4) is 0 Å². The van der Waals surface area contributed by atoms with Gasteiger partial charge in [-0.1, -0.05) is 11.6 Å². The summed E-state index contributed by atoms with van der Waals surface area (Å²) in [5.74, 6) is 0.968. The Morgan fingerprint density at radius 1 is 1.00 bits per heavy atom. The molecule has 0 spiro atoms. The first-order valence-corrected chi connectivity index (χ1v) is 10.9. The van der Waals surface area contributed by atoms with Crippen LogP contribution in [0.1, 0.15) is 12.8 Å². The lowest BCUT2D eigenvalue weighted by atomic mass is 10.2. The molecule has 4 rings (SSSR count). The van der Waals surface area contributed by atoms with Crippen molar-refractivity contribution in [1.82, 2.24) is 14.5 Å². The van der Waals surface area contributed by atoms with Gasteiger partial charge in [-0.05, 0) is 49.2 Å². The van der Waals surface area contributed by atoms with Gasteiger partial charge in [-0.15, -0.1) is 0 Å². The quantitative estimate of drug-likeness (QED) is 0.667. The zero-order valence-corrected chi connectivity index (χ0v) is 16.4. The molecule has 8 heteroatoms. The van der Waals surface area contributed by atoms with Crippen LogP contribution >= 0.6 is 11.6 Å². The lowest BCUT2D eigenvalue weighted by Crippen LogP contribution is -2.18. The summed E-state index contributed by atoms with van der Waals surface area (Å²) in [4.78, 5) is 11.3. The predicted molar refractivity (Wildman–Crippen MR) is 106 cm³/mol. The van der Waals surface area contributed by atoms with Gasteiger partial charge < -0.3 is 4.90 Å².